The summed E-state index contributed by atoms with van der Waals surface area (Å²) in [6.45, 7) is 0. The lowest BCUT2D eigenvalue weighted by Gasteiger charge is -2.06. The molecule has 0 atom stereocenters. The number of nitrogens with zero attached hydrogens (tertiary/aromatic N) is 2. The molecule has 82 valence electrons. The molecule has 0 aliphatic carbocycles. The number of hydrogen-bond donors (Lipinski definition) is 1. The molecule has 0 amide bonds. The molecular formula is C10H9N3O3. The largest absolute Gasteiger partial charge is 0.490 e. The fourth-order valence-electron chi connectivity index (χ4n) is 1.51. The summed E-state index contributed by atoms with van der Waals surface area (Å²) in [5.74, 6) is 0.244. The molecule has 6 nitrogen and oxygen atoms in total. The number of hydrogen-bond acceptors (Lipinski definition) is 4. The Kier molecular flexibility index (Phi) is 2.55. The quantitative estimate of drug-likeness (QED) is 0.632. The molecule has 0 saturated heterocycles. The van der Waals surface area contributed by atoms with Gasteiger partial charge >= 0.3 is 5.69 Å². The van der Waals surface area contributed by atoms with Crippen molar-refractivity contribution >= 4 is 5.69 Å². The van der Waals surface area contributed by atoms with E-state index >= 15 is 0 Å². The number of nitro groups is 1. The second-order valence-corrected chi connectivity index (χ2v) is 3.10. The minimum Gasteiger partial charge on any atom is -0.490 e. The molecule has 1 aromatic carbocycles. The van der Waals surface area contributed by atoms with Gasteiger partial charge < -0.3 is 4.74 Å². The van der Waals surface area contributed by atoms with E-state index in [2.05, 4.69) is 10.2 Å². The Labute approximate surface area is 91.0 Å². The predicted molar refractivity (Wildman–Crippen MR) is 57.2 cm³/mol. The van der Waals surface area contributed by atoms with Crippen LogP contribution in [-0.2, 0) is 0 Å². The van der Waals surface area contributed by atoms with Crippen LogP contribution in [0.1, 0.15) is 0 Å². The molecule has 0 spiro atoms. The van der Waals surface area contributed by atoms with E-state index in [1.165, 1.54) is 13.2 Å². The van der Waals surface area contributed by atoms with Crippen LogP contribution in [0.5, 0.6) is 5.75 Å². The van der Waals surface area contributed by atoms with Crippen LogP contribution in [0.4, 0.5) is 5.69 Å². The van der Waals surface area contributed by atoms with E-state index < -0.39 is 4.92 Å². The van der Waals surface area contributed by atoms with Crippen molar-refractivity contribution in [1.82, 2.24) is 10.2 Å². The highest BCUT2D eigenvalue weighted by atomic mass is 16.6. The zero-order valence-electron chi connectivity index (χ0n) is 8.51. The summed E-state index contributed by atoms with van der Waals surface area (Å²) >= 11 is 0. The van der Waals surface area contributed by atoms with E-state index in [9.17, 15) is 10.1 Å². The van der Waals surface area contributed by atoms with Gasteiger partial charge in [-0.2, -0.15) is 5.10 Å². The summed E-state index contributed by atoms with van der Waals surface area (Å²) in [7, 11) is 1.41. The summed E-state index contributed by atoms with van der Waals surface area (Å²) in [6, 6.07) is 4.77. The van der Waals surface area contributed by atoms with Gasteiger partial charge in [0.05, 0.1) is 18.2 Å². The van der Waals surface area contributed by atoms with Crippen molar-refractivity contribution in [3.05, 3.63) is 40.7 Å². The number of aromatic nitrogens is 2. The minimum atomic E-state index is -0.470. The highest BCUT2D eigenvalue weighted by Gasteiger charge is 2.19. The smallest absolute Gasteiger partial charge is 0.311 e. The molecule has 16 heavy (non-hydrogen) atoms. The number of ether oxygens (including phenoxy) is 1. The van der Waals surface area contributed by atoms with Crippen molar-refractivity contribution in [3.8, 4) is 16.9 Å². The van der Waals surface area contributed by atoms with Crippen LogP contribution in [0.15, 0.2) is 30.6 Å². The van der Waals surface area contributed by atoms with Crippen molar-refractivity contribution < 1.29 is 9.66 Å². The molecule has 0 bridgehead atoms. The summed E-state index contributed by atoms with van der Waals surface area (Å²) in [4.78, 5) is 10.3. The van der Waals surface area contributed by atoms with Crippen LogP contribution in [0, 0.1) is 10.1 Å². The topological polar surface area (TPSA) is 81.0 Å². The Balaban J connectivity index is 2.62. The molecule has 0 saturated carbocycles. The number of H-pyrrole nitrogens is 1. The van der Waals surface area contributed by atoms with Gasteiger partial charge in [-0.3, -0.25) is 15.2 Å². The third-order valence-corrected chi connectivity index (χ3v) is 2.20. The van der Waals surface area contributed by atoms with Crippen LogP contribution >= 0.6 is 0 Å². The second kappa shape index (κ2) is 4.01. The summed E-state index contributed by atoms with van der Waals surface area (Å²) < 4.78 is 5.08. The highest BCUT2D eigenvalue weighted by Crippen LogP contribution is 2.36. The van der Waals surface area contributed by atoms with E-state index in [4.69, 9.17) is 4.74 Å². The third-order valence-electron chi connectivity index (χ3n) is 2.20. The maximum atomic E-state index is 10.8. The van der Waals surface area contributed by atoms with Gasteiger partial charge in [-0.05, 0) is 0 Å². The zero-order valence-corrected chi connectivity index (χ0v) is 8.51. The Hall–Kier alpha value is -2.37. The lowest BCUT2D eigenvalue weighted by molar-refractivity contribution is -0.385. The number of rotatable bonds is 3. The normalized spacial score (nSPS) is 10.1. The summed E-state index contributed by atoms with van der Waals surface area (Å²) in [5.41, 5.74) is 1.34. The standard InChI is InChI=1S/C10H9N3O3/c1-16-10-8(7-5-11-12-6-7)3-2-4-9(10)13(14)15/h2-6H,1H3,(H,11,12). The van der Waals surface area contributed by atoms with Gasteiger partial charge in [0.2, 0.25) is 5.75 Å². The van der Waals surface area contributed by atoms with E-state index in [-0.39, 0.29) is 11.4 Å². The third kappa shape index (κ3) is 1.60. The molecule has 0 unspecified atom stereocenters. The lowest BCUT2D eigenvalue weighted by atomic mass is 10.1. The van der Waals surface area contributed by atoms with Crippen molar-refractivity contribution in [2.24, 2.45) is 0 Å². The van der Waals surface area contributed by atoms with Crippen LogP contribution in [0.25, 0.3) is 11.1 Å². The van der Waals surface area contributed by atoms with Crippen LogP contribution in [0.2, 0.25) is 0 Å². The highest BCUT2D eigenvalue weighted by molar-refractivity contribution is 5.74. The van der Waals surface area contributed by atoms with Gasteiger partial charge in [-0.25, -0.2) is 0 Å². The zero-order chi connectivity index (χ0) is 11.5. The van der Waals surface area contributed by atoms with Gasteiger partial charge in [0, 0.05) is 23.4 Å². The van der Waals surface area contributed by atoms with E-state index in [1.54, 1.807) is 24.5 Å². The van der Waals surface area contributed by atoms with Gasteiger partial charge in [-0.1, -0.05) is 12.1 Å². The first-order chi connectivity index (χ1) is 7.74. The number of methoxy groups -OCH3 is 1. The molecule has 2 rings (SSSR count). The molecule has 1 N–H and O–H groups in total. The first-order valence-electron chi connectivity index (χ1n) is 4.54. The molecular weight excluding hydrogens is 210 g/mol. The minimum absolute atomic E-state index is 0.0544. The van der Waals surface area contributed by atoms with Gasteiger partial charge in [0.15, 0.2) is 0 Å². The lowest BCUT2D eigenvalue weighted by Crippen LogP contribution is -1.95. The fraction of sp³-hybridized carbons (Fsp3) is 0.100. The maximum absolute atomic E-state index is 10.8. The number of benzene rings is 1. The van der Waals surface area contributed by atoms with Crippen LogP contribution in [-0.4, -0.2) is 22.2 Å². The first-order valence-corrected chi connectivity index (χ1v) is 4.54. The first kappa shape index (κ1) is 10.2. The summed E-state index contributed by atoms with van der Waals surface area (Å²) in [5, 5.41) is 17.3. The average Bonchev–Trinajstić information content (AvgIpc) is 2.81. The van der Waals surface area contributed by atoms with Crippen LogP contribution < -0.4 is 4.74 Å². The van der Waals surface area contributed by atoms with E-state index in [1.807, 2.05) is 0 Å². The molecule has 2 aromatic rings. The maximum Gasteiger partial charge on any atom is 0.311 e. The number of nitro benzene ring substituents is 1. The van der Waals surface area contributed by atoms with Crippen molar-refractivity contribution in [3.63, 3.8) is 0 Å². The predicted octanol–water partition coefficient (Wildman–Crippen LogP) is 1.99. The Morgan fingerprint density at radius 2 is 2.31 bits per heavy atom. The molecule has 1 heterocycles. The monoisotopic (exact) mass is 219 g/mol. The summed E-state index contributed by atoms with van der Waals surface area (Å²) in [6.07, 6.45) is 3.24. The molecule has 1 aromatic heterocycles. The molecule has 0 radical (unpaired) electrons. The fourth-order valence-corrected chi connectivity index (χ4v) is 1.51. The van der Waals surface area contributed by atoms with Crippen molar-refractivity contribution in [2.75, 3.05) is 7.11 Å². The van der Waals surface area contributed by atoms with E-state index in [0.717, 1.165) is 5.56 Å². The molecule has 0 aliphatic rings. The van der Waals surface area contributed by atoms with Gasteiger partial charge in [-0.15, -0.1) is 0 Å². The average molecular weight is 219 g/mol. The van der Waals surface area contributed by atoms with E-state index in [0.29, 0.717) is 5.56 Å². The Morgan fingerprint density at radius 1 is 1.50 bits per heavy atom. The molecule has 6 heteroatoms. The van der Waals surface area contributed by atoms with Crippen molar-refractivity contribution in [1.29, 1.82) is 0 Å². The number of para-hydroxylation sites is 1. The molecule has 0 fully saturated rings. The molecule has 0 aliphatic heterocycles. The Morgan fingerprint density at radius 3 is 2.88 bits per heavy atom. The number of aromatic amines is 1. The second-order valence-electron chi connectivity index (χ2n) is 3.10. The number of nitrogens with one attached hydrogen (secondary N) is 1. The van der Waals surface area contributed by atoms with Gasteiger partial charge in [0.25, 0.3) is 0 Å². The van der Waals surface area contributed by atoms with Gasteiger partial charge in [0.1, 0.15) is 0 Å². The SMILES string of the molecule is COc1c(-c2cn[nH]c2)cccc1[N+](=O)[O-]. The Bertz CT molecular complexity index is 508. The van der Waals surface area contributed by atoms with Crippen molar-refractivity contribution in [2.45, 2.75) is 0 Å². The van der Waals surface area contributed by atoms with Crippen LogP contribution in [0.3, 0.4) is 0 Å².